The predicted molar refractivity (Wildman–Crippen MR) is 106 cm³/mol. The van der Waals surface area contributed by atoms with Crippen LogP contribution in [0.25, 0.3) is 21.3 Å². The monoisotopic (exact) mass is 413 g/mol. The van der Waals surface area contributed by atoms with Gasteiger partial charge in [-0.05, 0) is 35.9 Å². The van der Waals surface area contributed by atoms with E-state index in [1.165, 1.54) is 41.8 Å². The Balaban J connectivity index is 1.72. The van der Waals surface area contributed by atoms with E-state index < -0.39 is 17.7 Å². The van der Waals surface area contributed by atoms with E-state index in [1.54, 1.807) is 6.07 Å². The largest absolute Gasteiger partial charge is 0.478 e. The highest BCUT2D eigenvalue weighted by Crippen LogP contribution is 2.35. The van der Waals surface area contributed by atoms with Gasteiger partial charge in [-0.3, -0.25) is 4.98 Å². The van der Waals surface area contributed by atoms with Crippen LogP contribution >= 0.6 is 11.3 Å². The number of nitrogens with zero attached hydrogens (tertiary/aromatic N) is 1. The number of fused-ring (bicyclic) bond motifs is 1. The van der Waals surface area contributed by atoms with Crippen molar-refractivity contribution in [3.8, 4) is 11.3 Å². The van der Waals surface area contributed by atoms with Gasteiger partial charge in [0.1, 0.15) is 0 Å². The zero-order chi connectivity index (χ0) is 20.6. The molecule has 146 valence electrons. The van der Waals surface area contributed by atoms with Crippen LogP contribution in [0, 0.1) is 0 Å². The maximum atomic E-state index is 13.0. The first-order valence-corrected chi connectivity index (χ1v) is 9.50. The van der Waals surface area contributed by atoms with E-state index in [0.717, 1.165) is 26.6 Å². The molecule has 2 aromatic carbocycles. The number of alkyl halides is 3. The molecular formula is C22H14F3NO2S. The van der Waals surface area contributed by atoms with Crippen molar-refractivity contribution >= 4 is 27.4 Å². The number of carboxylic acid groups (broad SMARTS) is 1. The van der Waals surface area contributed by atoms with Crippen molar-refractivity contribution in [2.75, 3.05) is 0 Å². The van der Waals surface area contributed by atoms with E-state index >= 15 is 0 Å². The molecule has 1 N–H and O–H groups in total. The third-order valence-corrected chi connectivity index (χ3v) is 5.63. The summed E-state index contributed by atoms with van der Waals surface area (Å²) in [6, 6.07) is 15.9. The molecule has 0 fully saturated rings. The molecule has 0 atom stereocenters. The number of hydrogen-bond acceptors (Lipinski definition) is 3. The summed E-state index contributed by atoms with van der Waals surface area (Å²) >= 11 is 1.50. The van der Waals surface area contributed by atoms with Crippen LogP contribution in [0.4, 0.5) is 13.2 Å². The Hall–Kier alpha value is -3.19. The lowest BCUT2D eigenvalue weighted by molar-refractivity contribution is -0.137. The average molecular weight is 413 g/mol. The van der Waals surface area contributed by atoms with Gasteiger partial charge in [0.15, 0.2) is 0 Å². The highest BCUT2D eigenvalue weighted by Gasteiger charge is 2.30. The number of benzene rings is 2. The Morgan fingerprint density at radius 2 is 1.83 bits per heavy atom. The minimum absolute atomic E-state index is 0.145. The first-order valence-electron chi connectivity index (χ1n) is 8.68. The van der Waals surface area contributed by atoms with Crippen molar-refractivity contribution in [1.82, 2.24) is 4.98 Å². The second kappa shape index (κ2) is 7.33. The van der Waals surface area contributed by atoms with Crippen LogP contribution < -0.4 is 0 Å². The molecule has 0 bridgehead atoms. The molecule has 0 unspecified atom stereocenters. The van der Waals surface area contributed by atoms with Crippen molar-refractivity contribution in [1.29, 1.82) is 0 Å². The fraction of sp³-hybridized carbons (Fsp3) is 0.0909. The first-order chi connectivity index (χ1) is 13.8. The second-order valence-corrected chi connectivity index (χ2v) is 7.71. The highest BCUT2D eigenvalue weighted by molar-refractivity contribution is 7.19. The molecule has 7 heteroatoms. The number of pyridine rings is 1. The van der Waals surface area contributed by atoms with E-state index in [2.05, 4.69) is 4.98 Å². The minimum atomic E-state index is -4.37. The van der Waals surface area contributed by atoms with Crippen LogP contribution in [-0.4, -0.2) is 16.1 Å². The number of carbonyl (C=O) groups is 1. The molecule has 0 amide bonds. The number of rotatable bonds is 4. The lowest BCUT2D eigenvalue weighted by Crippen LogP contribution is -2.05. The van der Waals surface area contributed by atoms with Gasteiger partial charge in [0, 0.05) is 33.1 Å². The summed E-state index contributed by atoms with van der Waals surface area (Å²) in [4.78, 5) is 16.5. The Morgan fingerprint density at radius 1 is 1.03 bits per heavy atom. The lowest BCUT2D eigenvalue weighted by atomic mass is 10.0. The standard InChI is InChI=1S/C22H14F3NO2S/c23-22(24,25)15-4-1-3-13(9-15)10-16-12-18-17(5-2-6-20(18)29-16)19-11-14(21(27)28)7-8-26-19/h1-9,11-12H,10H2,(H,27,28). The molecular weight excluding hydrogens is 399 g/mol. The lowest BCUT2D eigenvalue weighted by Gasteiger charge is -2.08. The molecule has 3 nitrogen and oxygen atoms in total. The van der Waals surface area contributed by atoms with Crippen molar-refractivity contribution in [2.45, 2.75) is 12.6 Å². The number of carboxylic acids is 1. The number of aromatic carboxylic acids is 1. The topological polar surface area (TPSA) is 50.2 Å². The maximum absolute atomic E-state index is 13.0. The van der Waals surface area contributed by atoms with Gasteiger partial charge in [-0.2, -0.15) is 13.2 Å². The quantitative estimate of drug-likeness (QED) is 0.429. The normalized spacial score (nSPS) is 11.7. The summed E-state index contributed by atoms with van der Waals surface area (Å²) in [6.45, 7) is 0. The SMILES string of the molecule is O=C(O)c1ccnc(-c2cccc3sc(Cc4cccc(C(F)(F)F)c4)cc23)c1. The van der Waals surface area contributed by atoms with E-state index in [-0.39, 0.29) is 5.56 Å². The molecule has 2 heterocycles. The minimum Gasteiger partial charge on any atom is -0.478 e. The first kappa shape index (κ1) is 19.1. The van der Waals surface area contributed by atoms with Crippen LogP contribution in [0.3, 0.4) is 0 Å². The fourth-order valence-corrected chi connectivity index (χ4v) is 4.32. The Kier molecular flexibility index (Phi) is 4.84. The van der Waals surface area contributed by atoms with E-state index in [9.17, 15) is 23.1 Å². The van der Waals surface area contributed by atoms with E-state index in [1.807, 2.05) is 24.3 Å². The van der Waals surface area contributed by atoms with Crippen molar-refractivity contribution in [2.24, 2.45) is 0 Å². The molecule has 0 aliphatic heterocycles. The molecule has 0 aliphatic carbocycles. The highest BCUT2D eigenvalue weighted by atomic mass is 32.1. The molecule has 4 aromatic rings. The third kappa shape index (κ3) is 4.00. The van der Waals surface area contributed by atoms with Gasteiger partial charge in [-0.15, -0.1) is 11.3 Å². The van der Waals surface area contributed by atoms with Crippen molar-refractivity contribution < 1.29 is 23.1 Å². The smallest absolute Gasteiger partial charge is 0.416 e. The van der Waals surface area contributed by atoms with Crippen LogP contribution in [0.15, 0.2) is 66.9 Å². The molecule has 0 saturated carbocycles. The van der Waals surface area contributed by atoms with Gasteiger partial charge >= 0.3 is 12.1 Å². The molecule has 2 aromatic heterocycles. The molecule has 0 spiro atoms. The summed E-state index contributed by atoms with van der Waals surface area (Å²) in [5.74, 6) is -1.03. The number of halogens is 3. The zero-order valence-corrected chi connectivity index (χ0v) is 15.7. The number of aromatic nitrogens is 1. The van der Waals surface area contributed by atoms with Gasteiger partial charge in [-0.25, -0.2) is 4.79 Å². The maximum Gasteiger partial charge on any atom is 0.416 e. The zero-order valence-electron chi connectivity index (χ0n) is 14.9. The van der Waals surface area contributed by atoms with Crippen LogP contribution in [0.5, 0.6) is 0 Å². The van der Waals surface area contributed by atoms with E-state index in [0.29, 0.717) is 17.7 Å². The van der Waals surface area contributed by atoms with Gasteiger partial charge < -0.3 is 5.11 Å². The number of thiophene rings is 1. The molecule has 0 aliphatic rings. The summed E-state index contributed by atoms with van der Waals surface area (Å²) in [7, 11) is 0. The van der Waals surface area contributed by atoms with Crippen LogP contribution in [0.1, 0.15) is 26.4 Å². The predicted octanol–water partition coefficient (Wildman–Crippen LogP) is 6.27. The summed E-state index contributed by atoms with van der Waals surface area (Å²) < 4.78 is 39.8. The van der Waals surface area contributed by atoms with Crippen LogP contribution in [-0.2, 0) is 12.6 Å². The number of hydrogen-bond donors (Lipinski definition) is 1. The summed E-state index contributed by atoms with van der Waals surface area (Å²) in [5, 5.41) is 10.1. The summed E-state index contributed by atoms with van der Waals surface area (Å²) in [5.41, 5.74) is 1.40. The second-order valence-electron chi connectivity index (χ2n) is 6.54. The Bertz CT molecular complexity index is 1210. The van der Waals surface area contributed by atoms with Crippen molar-refractivity contribution in [3.05, 3.63) is 88.4 Å². The van der Waals surface area contributed by atoms with E-state index in [4.69, 9.17) is 0 Å². The average Bonchev–Trinajstić information content (AvgIpc) is 3.10. The van der Waals surface area contributed by atoms with Gasteiger partial charge in [0.05, 0.1) is 16.8 Å². The third-order valence-electron chi connectivity index (χ3n) is 4.53. The molecule has 4 rings (SSSR count). The van der Waals surface area contributed by atoms with Gasteiger partial charge in [-0.1, -0.05) is 30.3 Å². The summed E-state index contributed by atoms with van der Waals surface area (Å²) in [6.07, 6.45) is -2.54. The van der Waals surface area contributed by atoms with Gasteiger partial charge in [0.25, 0.3) is 0 Å². The van der Waals surface area contributed by atoms with Gasteiger partial charge in [0.2, 0.25) is 0 Å². The Labute approximate surface area is 168 Å². The van der Waals surface area contributed by atoms with Crippen LogP contribution in [0.2, 0.25) is 0 Å². The Morgan fingerprint density at radius 3 is 2.59 bits per heavy atom. The molecule has 0 radical (unpaired) electrons. The molecule has 0 saturated heterocycles. The van der Waals surface area contributed by atoms with Crippen molar-refractivity contribution in [3.63, 3.8) is 0 Å². The fourth-order valence-electron chi connectivity index (χ4n) is 3.19. The molecule has 29 heavy (non-hydrogen) atoms.